The van der Waals surface area contributed by atoms with E-state index in [0.29, 0.717) is 19.3 Å². The Kier molecular flexibility index (Phi) is 64.4. The number of hydrogen-bond donors (Lipinski definition) is 0. The second-order valence-electron chi connectivity index (χ2n) is 21.6. The normalized spacial score (nSPS) is 13.2. The Labute approximate surface area is 505 Å². The summed E-state index contributed by atoms with van der Waals surface area (Å²) in [4.78, 5) is 38.2. The number of allylic oxidation sites excluding steroid dienone is 26. The van der Waals surface area contributed by atoms with E-state index >= 15 is 0 Å². The summed E-state index contributed by atoms with van der Waals surface area (Å²) in [5.74, 6) is -1.01. The quantitative estimate of drug-likeness (QED) is 0.0261. The van der Waals surface area contributed by atoms with Gasteiger partial charge in [0.05, 0.1) is 0 Å². The van der Waals surface area contributed by atoms with Gasteiger partial charge >= 0.3 is 17.9 Å². The molecule has 0 N–H and O–H groups in total. The predicted octanol–water partition coefficient (Wildman–Crippen LogP) is 23.3. The molecule has 0 fully saturated rings. The molecule has 0 aliphatic heterocycles. The van der Waals surface area contributed by atoms with E-state index in [1.54, 1.807) is 0 Å². The molecule has 1 atom stereocenters. The molecule has 0 saturated heterocycles. The maximum Gasteiger partial charge on any atom is 0.306 e. The average Bonchev–Trinajstić information content (AvgIpc) is 3.47. The molecule has 82 heavy (non-hydrogen) atoms. The zero-order valence-electron chi connectivity index (χ0n) is 52.9. The smallest absolute Gasteiger partial charge is 0.306 e. The molecular formula is C76H122O6. The van der Waals surface area contributed by atoms with E-state index in [0.717, 1.165) is 135 Å². The minimum absolute atomic E-state index is 0.110. The molecule has 1 unspecified atom stereocenters. The zero-order valence-corrected chi connectivity index (χ0v) is 52.9. The van der Waals surface area contributed by atoms with Crippen molar-refractivity contribution in [3.8, 4) is 0 Å². The van der Waals surface area contributed by atoms with Gasteiger partial charge in [-0.25, -0.2) is 0 Å². The molecular weight excluding hydrogens is 1010 g/mol. The third-order valence-electron chi connectivity index (χ3n) is 13.8. The summed E-state index contributed by atoms with van der Waals surface area (Å²) >= 11 is 0. The van der Waals surface area contributed by atoms with Crippen molar-refractivity contribution in [1.82, 2.24) is 0 Å². The van der Waals surface area contributed by atoms with Gasteiger partial charge in [-0.05, 0) is 135 Å². The number of rotatable bonds is 59. The SMILES string of the molecule is CC/C=C\C/C=C\C/C=C\C/C=C\C/C=C\C/C=C\C/C=C\CCCCCCCCCCCCCCCC(=O)OCC(COC(=O)CC/C=C\C/C=C\C/C=C\C/C=C\CC)OC(=O)CCCCCCC/C=C\C/C=C\CCCCCC. The van der Waals surface area contributed by atoms with E-state index in [1.165, 1.54) is 103 Å². The second-order valence-corrected chi connectivity index (χ2v) is 21.6. The van der Waals surface area contributed by atoms with Crippen molar-refractivity contribution in [3.63, 3.8) is 0 Å². The van der Waals surface area contributed by atoms with Crippen LogP contribution in [0.3, 0.4) is 0 Å². The van der Waals surface area contributed by atoms with Gasteiger partial charge in [-0.3, -0.25) is 14.4 Å². The molecule has 0 aromatic carbocycles. The fourth-order valence-corrected chi connectivity index (χ4v) is 8.82. The Hall–Kier alpha value is -4.97. The second kappa shape index (κ2) is 68.5. The van der Waals surface area contributed by atoms with Gasteiger partial charge in [-0.1, -0.05) is 288 Å². The Morgan fingerprint density at radius 1 is 0.256 bits per heavy atom. The highest BCUT2D eigenvalue weighted by molar-refractivity contribution is 5.71. The summed E-state index contributed by atoms with van der Waals surface area (Å²) in [5, 5.41) is 0. The summed E-state index contributed by atoms with van der Waals surface area (Å²) in [6.07, 6.45) is 100.0. The van der Waals surface area contributed by atoms with Crippen molar-refractivity contribution in [3.05, 3.63) is 158 Å². The first kappa shape index (κ1) is 77.0. The highest BCUT2D eigenvalue weighted by atomic mass is 16.6. The molecule has 0 saturated carbocycles. The van der Waals surface area contributed by atoms with Crippen molar-refractivity contribution >= 4 is 17.9 Å². The first-order chi connectivity index (χ1) is 40.5. The molecule has 6 nitrogen and oxygen atoms in total. The monoisotopic (exact) mass is 1130 g/mol. The van der Waals surface area contributed by atoms with E-state index in [4.69, 9.17) is 14.2 Å². The average molecular weight is 1130 g/mol. The van der Waals surface area contributed by atoms with Crippen LogP contribution in [0.2, 0.25) is 0 Å². The number of unbranched alkanes of at least 4 members (excludes halogenated alkanes) is 22. The van der Waals surface area contributed by atoms with Crippen LogP contribution >= 0.6 is 0 Å². The Bertz CT molecular complexity index is 1830. The van der Waals surface area contributed by atoms with E-state index < -0.39 is 6.10 Å². The molecule has 462 valence electrons. The Balaban J connectivity index is 4.25. The van der Waals surface area contributed by atoms with Gasteiger partial charge in [-0.15, -0.1) is 0 Å². The topological polar surface area (TPSA) is 78.9 Å². The Morgan fingerprint density at radius 3 is 0.817 bits per heavy atom. The van der Waals surface area contributed by atoms with Crippen LogP contribution in [-0.2, 0) is 28.6 Å². The molecule has 0 heterocycles. The minimum atomic E-state index is -0.821. The summed E-state index contributed by atoms with van der Waals surface area (Å²) in [7, 11) is 0. The minimum Gasteiger partial charge on any atom is -0.462 e. The third kappa shape index (κ3) is 65.8. The fourth-order valence-electron chi connectivity index (χ4n) is 8.82. The van der Waals surface area contributed by atoms with Crippen LogP contribution in [0.1, 0.15) is 284 Å². The lowest BCUT2D eigenvalue weighted by molar-refractivity contribution is -0.166. The van der Waals surface area contributed by atoms with E-state index in [2.05, 4.69) is 173 Å². The van der Waals surface area contributed by atoms with Crippen LogP contribution in [0.5, 0.6) is 0 Å². The molecule has 6 heteroatoms. The molecule has 0 rings (SSSR count). The molecule has 0 spiro atoms. The van der Waals surface area contributed by atoms with Crippen LogP contribution in [0, 0.1) is 0 Å². The van der Waals surface area contributed by atoms with Gasteiger partial charge < -0.3 is 14.2 Å². The van der Waals surface area contributed by atoms with Gasteiger partial charge in [0.2, 0.25) is 0 Å². The molecule has 0 amide bonds. The summed E-state index contributed by atoms with van der Waals surface area (Å²) in [6, 6.07) is 0. The third-order valence-corrected chi connectivity index (χ3v) is 13.8. The van der Waals surface area contributed by atoms with Gasteiger partial charge in [0.1, 0.15) is 13.2 Å². The lowest BCUT2D eigenvalue weighted by atomic mass is 10.0. The van der Waals surface area contributed by atoms with Crippen molar-refractivity contribution in [2.45, 2.75) is 290 Å². The van der Waals surface area contributed by atoms with Crippen LogP contribution < -0.4 is 0 Å². The van der Waals surface area contributed by atoms with Gasteiger partial charge in [0, 0.05) is 19.3 Å². The number of carbonyl (C=O) groups is 3. The highest BCUT2D eigenvalue weighted by Crippen LogP contribution is 2.15. The van der Waals surface area contributed by atoms with Gasteiger partial charge in [0.25, 0.3) is 0 Å². The molecule has 0 radical (unpaired) electrons. The van der Waals surface area contributed by atoms with Crippen LogP contribution in [0.15, 0.2) is 158 Å². The number of ether oxygens (including phenoxy) is 3. The zero-order chi connectivity index (χ0) is 59.2. The largest absolute Gasteiger partial charge is 0.462 e. The molecule has 0 aromatic rings. The van der Waals surface area contributed by atoms with Crippen molar-refractivity contribution in [1.29, 1.82) is 0 Å². The number of hydrogen-bond acceptors (Lipinski definition) is 6. The van der Waals surface area contributed by atoms with Crippen molar-refractivity contribution in [2.75, 3.05) is 13.2 Å². The lowest BCUT2D eigenvalue weighted by Gasteiger charge is -2.18. The van der Waals surface area contributed by atoms with Crippen LogP contribution in [-0.4, -0.2) is 37.2 Å². The lowest BCUT2D eigenvalue weighted by Crippen LogP contribution is -2.30. The van der Waals surface area contributed by atoms with E-state index in [-0.39, 0.29) is 37.5 Å². The summed E-state index contributed by atoms with van der Waals surface area (Å²) in [6.45, 7) is 6.32. The number of esters is 3. The first-order valence-electron chi connectivity index (χ1n) is 33.5. The standard InChI is InChI=1S/C76H122O6/c1-4-7-10-13-16-19-22-25-27-29-30-31-32-33-34-35-36-37-38-39-40-41-42-43-44-45-46-47-49-51-54-57-60-63-66-69-75(78)81-72-73(71-80-74(77)68-65-62-59-56-53-50-24-21-18-15-12-9-6-3)82-76(79)70-67-64-61-58-55-52-48-28-26-23-20-17-14-11-8-5-2/h7,9-10,12,16,18-21,23,25,27-28,30-31,33-34,36-37,39-40,48,50,53,59,62,73H,4-6,8,11,13-15,17,22,24,26,29,32,35,38,41-47,49,51-52,54-58,60-61,63-72H2,1-3H3/b10-7-,12-9-,19-16-,21-18-,23-20-,27-25-,31-30-,34-33-,37-36-,40-39-,48-28-,53-50-,62-59-. The van der Waals surface area contributed by atoms with Crippen LogP contribution in [0.4, 0.5) is 0 Å². The van der Waals surface area contributed by atoms with E-state index in [1.807, 2.05) is 6.08 Å². The van der Waals surface area contributed by atoms with Crippen molar-refractivity contribution < 1.29 is 28.6 Å². The highest BCUT2D eigenvalue weighted by Gasteiger charge is 2.19. The Morgan fingerprint density at radius 2 is 0.500 bits per heavy atom. The summed E-state index contributed by atoms with van der Waals surface area (Å²) < 4.78 is 16.8. The maximum absolute atomic E-state index is 12.9. The molecule has 0 aromatic heterocycles. The molecule has 0 aliphatic rings. The predicted molar refractivity (Wildman–Crippen MR) is 357 cm³/mol. The summed E-state index contributed by atoms with van der Waals surface area (Å²) in [5.41, 5.74) is 0. The maximum atomic E-state index is 12.9. The number of carbonyl (C=O) groups excluding carboxylic acids is 3. The van der Waals surface area contributed by atoms with Crippen molar-refractivity contribution in [2.24, 2.45) is 0 Å². The van der Waals surface area contributed by atoms with Gasteiger partial charge in [-0.2, -0.15) is 0 Å². The van der Waals surface area contributed by atoms with E-state index in [9.17, 15) is 14.4 Å². The van der Waals surface area contributed by atoms with Gasteiger partial charge in [0.15, 0.2) is 6.10 Å². The molecule has 0 aliphatic carbocycles. The first-order valence-corrected chi connectivity index (χ1v) is 33.5. The van der Waals surface area contributed by atoms with Crippen LogP contribution in [0.25, 0.3) is 0 Å². The fraction of sp³-hybridized carbons (Fsp3) is 0.618. The molecule has 0 bridgehead atoms.